The van der Waals surface area contributed by atoms with Crippen LogP contribution < -0.4 is 0 Å². The first-order valence-corrected chi connectivity index (χ1v) is 7.30. The largest absolute Gasteiger partial charge is 0.481 e. The van der Waals surface area contributed by atoms with Crippen LogP contribution in [-0.4, -0.2) is 29.1 Å². The summed E-state index contributed by atoms with van der Waals surface area (Å²) in [5.41, 5.74) is 1.01. The van der Waals surface area contributed by atoms with Crippen molar-refractivity contribution in [3.05, 3.63) is 34.6 Å². The van der Waals surface area contributed by atoms with Crippen LogP contribution in [0.4, 0.5) is 4.39 Å². The van der Waals surface area contributed by atoms with E-state index in [1.807, 2.05) is 0 Å². The minimum Gasteiger partial charge on any atom is -0.481 e. The molecular formula is C15H19ClFNO2. The summed E-state index contributed by atoms with van der Waals surface area (Å²) < 4.78 is 13.1. The van der Waals surface area contributed by atoms with Gasteiger partial charge in [0.1, 0.15) is 5.82 Å². The predicted molar refractivity (Wildman–Crippen MR) is 76.3 cm³/mol. The Bertz CT molecular complexity index is 473. The summed E-state index contributed by atoms with van der Waals surface area (Å²) in [6.45, 7) is 2.68. The van der Waals surface area contributed by atoms with Gasteiger partial charge < -0.3 is 5.11 Å². The van der Waals surface area contributed by atoms with Gasteiger partial charge in [0.05, 0.1) is 5.02 Å². The third kappa shape index (κ3) is 4.46. The zero-order valence-electron chi connectivity index (χ0n) is 11.3. The number of likely N-dealkylation sites (tertiary alicyclic amines) is 1. The van der Waals surface area contributed by atoms with E-state index in [0.717, 1.165) is 44.5 Å². The van der Waals surface area contributed by atoms with Crippen molar-refractivity contribution in [1.82, 2.24) is 4.90 Å². The molecule has 0 aliphatic carbocycles. The van der Waals surface area contributed by atoms with Crippen molar-refractivity contribution in [2.45, 2.75) is 32.2 Å². The van der Waals surface area contributed by atoms with E-state index >= 15 is 0 Å². The van der Waals surface area contributed by atoms with Crippen LogP contribution in [-0.2, 0) is 11.3 Å². The maximum atomic E-state index is 13.1. The fourth-order valence-corrected chi connectivity index (χ4v) is 2.86. The predicted octanol–water partition coefficient (Wildman–Crippen LogP) is 3.56. The molecule has 1 N–H and O–H groups in total. The van der Waals surface area contributed by atoms with Crippen molar-refractivity contribution in [3.8, 4) is 0 Å². The SMILES string of the molecule is O=C(O)CCC1CCN(Cc2ccc(F)c(Cl)c2)CC1. The van der Waals surface area contributed by atoms with Gasteiger partial charge in [0.2, 0.25) is 0 Å². The van der Waals surface area contributed by atoms with Crippen molar-refractivity contribution < 1.29 is 14.3 Å². The number of benzene rings is 1. The number of aliphatic carboxylic acids is 1. The molecule has 3 nitrogen and oxygen atoms in total. The van der Waals surface area contributed by atoms with Crippen molar-refractivity contribution in [3.63, 3.8) is 0 Å². The molecule has 1 aliphatic rings. The van der Waals surface area contributed by atoms with Gasteiger partial charge in [-0.05, 0) is 56.0 Å². The minimum absolute atomic E-state index is 0.166. The number of piperidine rings is 1. The summed E-state index contributed by atoms with van der Waals surface area (Å²) in [5.74, 6) is -0.588. The molecule has 0 spiro atoms. The smallest absolute Gasteiger partial charge is 0.303 e. The first kappa shape index (κ1) is 15.3. The van der Waals surface area contributed by atoms with Gasteiger partial charge in [-0.25, -0.2) is 4.39 Å². The molecule has 5 heteroatoms. The summed E-state index contributed by atoms with van der Waals surface area (Å²) in [5, 5.41) is 8.85. The fourth-order valence-electron chi connectivity index (χ4n) is 2.66. The molecule has 20 heavy (non-hydrogen) atoms. The van der Waals surface area contributed by atoms with E-state index in [9.17, 15) is 9.18 Å². The molecule has 1 saturated heterocycles. The maximum absolute atomic E-state index is 13.1. The van der Waals surface area contributed by atoms with Crippen LogP contribution in [0.5, 0.6) is 0 Å². The summed E-state index contributed by atoms with van der Waals surface area (Å²) in [6, 6.07) is 4.84. The molecule has 0 radical (unpaired) electrons. The average molecular weight is 300 g/mol. The highest BCUT2D eigenvalue weighted by Crippen LogP contribution is 2.24. The lowest BCUT2D eigenvalue weighted by Crippen LogP contribution is -2.33. The topological polar surface area (TPSA) is 40.5 Å². The second kappa shape index (κ2) is 7.04. The van der Waals surface area contributed by atoms with Crippen LogP contribution in [0.15, 0.2) is 18.2 Å². The van der Waals surface area contributed by atoms with Gasteiger partial charge in [0, 0.05) is 13.0 Å². The van der Waals surface area contributed by atoms with E-state index in [4.69, 9.17) is 16.7 Å². The Labute approximate surface area is 123 Å². The molecule has 0 amide bonds. The Morgan fingerprint density at radius 2 is 2.10 bits per heavy atom. The van der Waals surface area contributed by atoms with Gasteiger partial charge in [-0.2, -0.15) is 0 Å². The van der Waals surface area contributed by atoms with Gasteiger partial charge in [-0.3, -0.25) is 9.69 Å². The summed E-state index contributed by atoms with van der Waals surface area (Å²) in [4.78, 5) is 12.9. The van der Waals surface area contributed by atoms with Crippen LogP contribution >= 0.6 is 11.6 Å². The Balaban J connectivity index is 1.79. The summed E-state index contributed by atoms with van der Waals surface area (Å²) >= 11 is 5.78. The second-order valence-corrected chi connectivity index (χ2v) is 5.81. The lowest BCUT2D eigenvalue weighted by atomic mass is 9.92. The number of hydrogen-bond acceptors (Lipinski definition) is 2. The third-order valence-electron chi connectivity index (χ3n) is 3.86. The Morgan fingerprint density at radius 1 is 1.40 bits per heavy atom. The number of hydrogen-bond donors (Lipinski definition) is 1. The van der Waals surface area contributed by atoms with Crippen molar-refractivity contribution in [2.24, 2.45) is 5.92 Å². The lowest BCUT2D eigenvalue weighted by Gasteiger charge is -2.31. The third-order valence-corrected chi connectivity index (χ3v) is 4.15. The summed E-state index contributed by atoms with van der Waals surface area (Å²) in [6.07, 6.45) is 3.09. The molecule has 1 aromatic carbocycles. The zero-order valence-corrected chi connectivity index (χ0v) is 12.1. The number of carbonyl (C=O) groups is 1. The highest BCUT2D eigenvalue weighted by atomic mass is 35.5. The van der Waals surface area contributed by atoms with Gasteiger partial charge in [-0.1, -0.05) is 17.7 Å². The number of carboxylic acids is 1. The molecule has 1 aromatic rings. The van der Waals surface area contributed by atoms with E-state index in [0.29, 0.717) is 5.92 Å². The normalized spacial score (nSPS) is 17.3. The van der Waals surface area contributed by atoms with Crippen LogP contribution in [0.2, 0.25) is 5.02 Å². The van der Waals surface area contributed by atoms with Gasteiger partial charge in [-0.15, -0.1) is 0 Å². The van der Waals surface area contributed by atoms with Gasteiger partial charge in [0.15, 0.2) is 0 Å². The molecule has 0 unspecified atom stereocenters. The molecule has 0 atom stereocenters. The second-order valence-electron chi connectivity index (χ2n) is 5.40. The molecule has 1 aliphatic heterocycles. The number of nitrogens with zero attached hydrogens (tertiary/aromatic N) is 1. The van der Waals surface area contributed by atoms with E-state index in [-0.39, 0.29) is 17.3 Å². The summed E-state index contributed by atoms with van der Waals surface area (Å²) in [7, 11) is 0. The molecule has 1 fully saturated rings. The quantitative estimate of drug-likeness (QED) is 0.904. The van der Waals surface area contributed by atoms with Crippen molar-refractivity contribution in [1.29, 1.82) is 0 Å². The minimum atomic E-state index is -0.714. The Kier molecular flexibility index (Phi) is 5.38. The number of rotatable bonds is 5. The van der Waals surface area contributed by atoms with E-state index in [1.165, 1.54) is 6.07 Å². The first-order valence-electron chi connectivity index (χ1n) is 6.92. The highest BCUT2D eigenvalue weighted by molar-refractivity contribution is 6.30. The van der Waals surface area contributed by atoms with Crippen molar-refractivity contribution >= 4 is 17.6 Å². The Hall–Kier alpha value is -1.13. The molecular weight excluding hydrogens is 281 g/mol. The van der Waals surface area contributed by atoms with Crippen LogP contribution in [0.25, 0.3) is 0 Å². The zero-order chi connectivity index (χ0) is 14.5. The van der Waals surface area contributed by atoms with Gasteiger partial charge >= 0.3 is 5.97 Å². The van der Waals surface area contributed by atoms with E-state index in [1.54, 1.807) is 12.1 Å². The maximum Gasteiger partial charge on any atom is 0.303 e. The molecule has 1 heterocycles. The van der Waals surface area contributed by atoms with Crippen LogP contribution in [0, 0.1) is 11.7 Å². The first-order chi connectivity index (χ1) is 9.54. The lowest BCUT2D eigenvalue weighted by molar-refractivity contribution is -0.137. The molecule has 0 aromatic heterocycles. The van der Waals surface area contributed by atoms with Gasteiger partial charge in [0.25, 0.3) is 0 Å². The van der Waals surface area contributed by atoms with E-state index in [2.05, 4.69) is 4.90 Å². The molecule has 0 saturated carbocycles. The van der Waals surface area contributed by atoms with Crippen molar-refractivity contribution in [2.75, 3.05) is 13.1 Å². The Morgan fingerprint density at radius 3 is 2.70 bits per heavy atom. The average Bonchev–Trinajstić information content (AvgIpc) is 2.42. The standard InChI is InChI=1S/C15H19ClFNO2/c16-13-9-12(1-3-14(13)17)10-18-7-5-11(6-8-18)2-4-15(19)20/h1,3,9,11H,2,4-8,10H2,(H,19,20). The molecule has 2 rings (SSSR count). The van der Waals surface area contributed by atoms with E-state index < -0.39 is 5.97 Å². The van der Waals surface area contributed by atoms with Crippen LogP contribution in [0.3, 0.4) is 0 Å². The monoisotopic (exact) mass is 299 g/mol. The highest BCUT2D eigenvalue weighted by Gasteiger charge is 2.20. The molecule has 110 valence electrons. The fraction of sp³-hybridized carbons (Fsp3) is 0.533. The molecule has 0 bridgehead atoms. The number of carboxylic acid groups (broad SMARTS) is 1. The van der Waals surface area contributed by atoms with Crippen LogP contribution in [0.1, 0.15) is 31.2 Å². The number of halogens is 2.